The molecular formula is C15H19NO4. The van der Waals surface area contributed by atoms with Crippen LogP contribution in [0.15, 0.2) is 18.2 Å². The third-order valence-electron chi connectivity index (χ3n) is 3.87. The van der Waals surface area contributed by atoms with Gasteiger partial charge in [-0.25, -0.2) is 4.79 Å². The molecule has 1 amide bonds. The fraction of sp³-hybridized carbons (Fsp3) is 0.467. The van der Waals surface area contributed by atoms with Gasteiger partial charge in [-0.3, -0.25) is 4.79 Å². The van der Waals surface area contributed by atoms with Crippen molar-refractivity contribution in [3.8, 4) is 5.75 Å². The summed E-state index contributed by atoms with van der Waals surface area (Å²) < 4.78 is 0. The number of carboxylic acid groups (broad SMARTS) is 1. The molecule has 1 aromatic rings. The molecule has 3 N–H and O–H groups in total. The zero-order valence-corrected chi connectivity index (χ0v) is 11.5. The Bertz CT molecular complexity index is 533. The van der Waals surface area contributed by atoms with Crippen LogP contribution in [0.5, 0.6) is 5.75 Å². The summed E-state index contributed by atoms with van der Waals surface area (Å²) in [7, 11) is 0. The second kappa shape index (κ2) is 5.53. The fourth-order valence-corrected chi connectivity index (χ4v) is 2.67. The van der Waals surface area contributed by atoms with Gasteiger partial charge in [0, 0.05) is 0 Å². The van der Waals surface area contributed by atoms with E-state index >= 15 is 0 Å². The average molecular weight is 277 g/mol. The summed E-state index contributed by atoms with van der Waals surface area (Å²) in [6.45, 7) is 1.81. The van der Waals surface area contributed by atoms with Crippen LogP contribution in [0, 0.1) is 6.92 Å². The van der Waals surface area contributed by atoms with Gasteiger partial charge in [0.25, 0.3) is 5.91 Å². The van der Waals surface area contributed by atoms with Crippen molar-refractivity contribution in [2.75, 3.05) is 0 Å². The minimum absolute atomic E-state index is 0.113. The molecule has 1 fully saturated rings. The van der Waals surface area contributed by atoms with Gasteiger partial charge in [0.1, 0.15) is 11.3 Å². The SMILES string of the molecule is Cc1ccc(C(=O)NC2(C(=O)O)CCCCC2)c(O)c1. The number of aliphatic carboxylic acids is 1. The first-order chi connectivity index (χ1) is 9.44. The molecule has 1 aliphatic rings. The van der Waals surface area contributed by atoms with Crippen molar-refractivity contribution in [1.29, 1.82) is 0 Å². The van der Waals surface area contributed by atoms with Crippen molar-refractivity contribution in [2.45, 2.75) is 44.6 Å². The summed E-state index contributed by atoms with van der Waals surface area (Å²) in [5.74, 6) is -1.66. The van der Waals surface area contributed by atoms with E-state index < -0.39 is 17.4 Å². The van der Waals surface area contributed by atoms with Gasteiger partial charge in [0.2, 0.25) is 0 Å². The Morgan fingerprint density at radius 3 is 2.40 bits per heavy atom. The fourth-order valence-electron chi connectivity index (χ4n) is 2.67. The highest BCUT2D eigenvalue weighted by atomic mass is 16.4. The monoisotopic (exact) mass is 277 g/mol. The molecule has 2 rings (SSSR count). The molecule has 1 saturated carbocycles. The number of benzene rings is 1. The number of amides is 1. The molecule has 0 radical (unpaired) electrons. The van der Waals surface area contributed by atoms with E-state index in [4.69, 9.17) is 0 Å². The van der Waals surface area contributed by atoms with Crippen LogP contribution in [-0.4, -0.2) is 27.6 Å². The van der Waals surface area contributed by atoms with E-state index in [1.165, 1.54) is 12.1 Å². The maximum atomic E-state index is 12.2. The van der Waals surface area contributed by atoms with Gasteiger partial charge in [0.05, 0.1) is 5.56 Å². The minimum atomic E-state index is -1.20. The molecule has 1 aromatic carbocycles. The van der Waals surface area contributed by atoms with Crippen LogP contribution in [0.25, 0.3) is 0 Å². The number of carboxylic acids is 1. The first-order valence-electron chi connectivity index (χ1n) is 6.80. The molecule has 0 saturated heterocycles. The summed E-state index contributed by atoms with van der Waals surface area (Å²) in [6.07, 6.45) is 3.42. The molecule has 0 aliphatic heterocycles. The highest BCUT2D eigenvalue weighted by Gasteiger charge is 2.41. The summed E-state index contributed by atoms with van der Waals surface area (Å²) in [4.78, 5) is 23.7. The number of nitrogens with one attached hydrogen (secondary N) is 1. The highest BCUT2D eigenvalue weighted by Crippen LogP contribution is 2.29. The maximum absolute atomic E-state index is 12.2. The first-order valence-corrected chi connectivity index (χ1v) is 6.80. The van der Waals surface area contributed by atoms with Crippen LogP contribution < -0.4 is 5.32 Å². The number of carbonyl (C=O) groups is 2. The van der Waals surface area contributed by atoms with Crippen LogP contribution in [-0.2, 0) is 4.79 Å². The van der Waals surface area contributed by atoms with Crippen LogP contribution in [0.2, 0.25) is 0 Å². The molecule has 0 bridgehead atoms. The number of hydrogen-bond donors (Lipinski definition) is 3. The number of aromatic hydroxyl groups is 1. The van der Waals surface area contributed by atoms with Crippen LogP contribution in [0.3, 0.4) is 0 Å². The maximum Gasteiger partial charge on any atom is 0.329 e. The van der Waals surface area contributed by atoms with E-state index in [0.717, 1.165) is 24.8 Å². The Labute approximate surface area is 117 Å². The Morgan fingerprint density at radius 2 is 1.85 bits per heavy atom. The predicted octanol–water partition coefficient (Wildman–Crippen LogP) is 2.22. The first kappa shape index (κ1) is 14.4. The predicted molar refractivity (Wildman–Crippen MR) is 73.8 cm³/mol. The van der Waals surface area contributed by atoms with E-state index in [1.807, 2.05) is 0 Å². The summed E-state index contributed by atoms with van der Waals surface area (Å²) >= 11 is 0. The molecular weight excluding hydrogens is 258 g/mol. The minimum Gasteiger partial charge on any atom is -0.507 e. The number of phenols is 1. The highest BCUT2D eigenvalue weighted by molar-refractivity contribution is 6.00. The largest absolute Gasteiger partial charge is 0.507 e. The molecule has 5 nitrogen and oxygen atoms in total. The van der Waals surface area contributed by atoms with Gasteiger partial charge in [0.15, 0.2) is 0 Å². The second-order valence-electron chi connectivity index (χ2n) is 5.42. The van der Waals surface area contributed by atoms with Gasteiger partial charge in [-0.05, 0) is 37.5 Å². The Kier molecular flexibility index (Phi) is 3.97. The standard InChI is InChI=1S/C15H19NO4/c1-10-5-6-11(12(17)9-10)13(18)16-15(14(19)20)7-3-2-4-8-15/h5-6,9,17H,2-4,7-8H2,1H3,(H,16,18)(H,19,20). The summed E-state index contributed by atoms with van der Waals surface area (Å²) in [5, 5.41) is 21.8. The number of phenolic OH excluding ortho intramolecular Hbond substituents is 1. The second-order valence-corrected chi connectivity index (χ2v) is 5.42. The molecule has 0 unspecified atom stereocenters. The van der Waals surface area contributed by atoms with Crippen molar-refractivity contribution in [1.82, 2.24) is 5.32 Å². The van der Waals surface area contributed by atoms with Crippen LogP contribution >= 0.6 is 0 Å². The molecule has 0 heterocycles. The van der Waals surface area contributed by atoms with Crippen molar-refractivity contribution in [3.63, 3.8) is 0 Å². The van der Waals surface area contributed by atoms with Gasteiger partial charge in [-0.15, -0.1) is 0 Å². The lowest BCUT2D eigenvalue weighted by Gasteiger charge is -2.34. The molecule has 5 heteroatoms. The summed E-state index contributed by atoms with van der Waals surface area (Å²) in [6, 6.07) is 4.71. The third-order valence-corrected chi connectivity index (χ3v) is 3.87. The lowest BCUT2D eigenvalue weighted by atomic mass is 9.81. The zero-order chi connectivity index (χ0) is 14.8. The number of aryl methyl sites for hydroxylation is 1. The number of rotatable bonds is 3. The van der Waals surface area contributed by atoms with E-state index in [2.05, 4.69) is 5.32 Å². The van der Waals surface area contributed by atoms with E-state index in [1.54, 1.807) is 13.0 Å². The third kappa shape index (κ3) is 2.76. The number of hydrogen-bond acceptors (Lipinski definition) is 3. The Balaban J connectivity index is 2.22. The lowest BCUT2D eigenvalue weighted by Crippen LogP contribution is -2.55. The van der Waals surface area contributed by atoms with Crippen LogP contribution in [0.1, 0.15) is 48.0 Å². The molecule has 108 valence electrons. The van der Waals surface area contributed by atoms with Crippen LogP contribution in [0.4, 0.5) is 0 Å². The lowest BCUT2D eigenvalue weighted by molar-refractivity contribution is -0.145. The molecule has 0 spiro atoms. The van der Waals surface area contributed by atoms with E-state index in [-0.39, 0.29) is 11.3 Å². The zero-order valence-electron chi connectivity index (χ0n) is 11.5. The van der Waals surface area contributed by atoms with Gasteiger partial charge in [-0.2, -0.15) is 0 Å². The van der Waals surface area contributed by atoms with E-state index in [9.17, 15) is 19.8 Å². The van der Waals surface area contributed by atoms with E-state index in [0.29, 0.717) is 12.8 Å². The van der Waals surface area contributed by atoms with Crippen molar-refractivity contribution >= 4 is 11.9 Å². The summed E-state index contributed by atoms with van der Waals surface area (Å²) in [5.41, 5.74) is -0.251. The topological polar surface area (TPSA) is 86.6 Å². The molecule has 0 atom stereocenters. The smallest absolute Gasteiger partial charge is 0.329 e. The van der Waals surface area contributed by atoms with Crippen molar-refractivity contribution < 1.29 is 19.8 Å². The van der Waals surface area contributed by atoms with Gasteiger partial charge < -0.3 is 15.5 Å². The van der Waals surface area contributed by atoms with Crippen molar-refractivity contribution in [2.24, 2.45) is 0 Å². The Hall–Kier alpha value is -2.04. The average Bonchev–Trinajstić information content (AvgIpc) is 2.39. The molecule has 20 heavy (non-hydrogen) atoms. The normalized spacial score (nSPS) is 17.4. The Morgan fingerprint density at radius 1 is 1.20 bits per heavy atom. The quantitative estimate of drug-likeness (QED) is 0.790. The van der Waals surface area contributed by atoms with Crippen molar-refractivity contribution in [3.05, 3.63) is 29.3 Å². The van der Waals surface area contributed by atoms with Gasteiger partial charge in [-0.1, -0.05) is 25.3 Å². The van der Waals surface area contributed by atoms with Gasteiger partial charge >= 0.3 is 5.97 Å². The molecule has 1 aliphatic carbocycles. The number of carbonyl (C=O) groups excluding carboxylic acids is 1. The molecule has 0 aromatic heterocycles.